The van der Waals surface area contributed by atoms with Crippen LogP contribution in [0, 0.1) is 6.92 Å². The van der Waals surface area contributed by atoms with E-state index >= 15 is 0 Å². The largest absolute Gasteiger partial charge is 0.305 e. The maximum atomic E-state index is 13.2. The minimum absolute atomic E-state index is 0.151. The Hall–Kier alpha value is -2.71. The van der Waals surface area contributed by atoms with Crippen LogP contribution in [-0.2, 0) is 0 Å². The summed E-state index contributed by atoms with van der Waals surface area (Å²) in [5.41, 5.74) is 5.65. The highest BCUT2D eigenvalue weighted by Crippen LogP contribution is 2.34. The predicted octanol–water partition coefficient (Wildman–Crippen LogP) is 4.49. The number of hydrogen-bond donors (Lipinski definition) is 1. The van der Waals surface area contributed by atoms with Crippen LogP contribution in [0.3, 0.4) is 0 Å². The lowest BCUT2D eigenvalue weighted by atomic mass is 10.1. The molecular formula is C21H21N5OS2. The van der Waals surface area contributed by atoms with Crippen molar-refractivity contribution in [3.8, 4) is 0 Å². The predicted molar refractivity (Wildman–Crippen MR) is 120 cm³/mol. The lowest BCUT2D eigenvalue weighted by Crippen LogP contribution is -2.31. The van der Waals surface area contributed by atoms with Gasteiger partial charge in [-0.05, 0) is 63.2 Å². The van der Waals surface area contributed by atoms with E-state index in [-0.39, 0.29) is 11.1 Å². The zero-order chi connectivity index (χ0) is 20.6. The van der Waals surface area contributed by atoms with Crippen molar-refractivity contribution in [1.82, 2.24) is 19.8 Å². The van der Waals surface area contributed by atoms with Crippen LogP contribution in [0.2, 0.25) is 0 Å². The number of para-hydroxylation sites is 1. The second-order valence-electron chi connectivity index (χ2n) is 7.69. The Balaban J connectivity index is 1.84. The zero-order valence-electron chi connectivity index (χ0n) is 16.6. The second-order valence-corrected chi connectivity index (χ2v) is 9.96. The maximum Gasteiger partial charge on any atom is 0.267 e. The summed E-state index contributed by atoms with van der Waals surface area (Å²) in [5.74, 6) is 0. The lowest BCUT2D eigenvalue weighted by molar-refractivity contribution is 0.442. The van der Waals surface area contributed by atoms with Crippen LogP contribution in [0.15, 0.2) is 61.9 Å². The number of nitrogens with one attached hydrogen (secondary N) is 1. The Morgan fingerprint density at radius 2 is 1.97 bits per heavy atom. The van der Waals surface area contributed by atoms with Gasteiger partial charge >= 0.3 is 0 Å². The standard InChI is InChI=1S/C21H21N5OS2/c1-13-8-7-11-26-17(13)24-18(14(19(26)27)12-22-25-21(2,3)4)29-20-23-15-9-5-6-10-16(15)28-20/h5-12,25H,1-4H3/b22-12+. The van der Waals surface area contributed by atoms with E-state index in [1.807, 2.05) is 64.1 Å². The first-order valence-corrected chi connectivity index (χ1v) is 10.8. The van der Waals surface area contributed by atoms with Gasteiger partial charge < -0.3 is 5.43 Å². The quantitative estimate of drug-likeness (QED) is 0.298. The molecule has 0 atom stereocenters. The molecule has 0 bridgehead atoms. The molecule has 0 aliphatic heterocycles. The van der Waals surface area contributed by atoms with Crippen LogP contribution in [0.25, 0.3) is 15.9 Å². The summed E-state index contributed by atoms with van der Waals surface area (Å²) in [6.07, 6.45) is 3.29. The molecule has 4 rings (SSSR count). The van der Waals surface area contributed by atoms with Crippen LogP contribution in [-0.4, -0.2) is 26.1 Å². The molecule has 0 unspecified atom stereocenters. The van der Waals surface area contributed by atoms with Crippen molar-refractivity contribution in [2.24, 2.45) is 5.10 Å². The number of hydrogen-bond acceptors (Lipinski definition) is 7. The molecule has 0 spiro atoms. The maximum absolute atomic E-state index is 13.2. The first-order chi connectivity index (χ1) is 13.8. The molecule has 0 saturated heterocycles. The summed E-state index contributed by atoms with van der Waals surface area (Å²) >= 11 is 2.99. The Morgan fingerprint density at radius 1 is 1.17 bits per heavy atom. The van der Waals surface area contributed by atoms with Gasteiger partial charge in [-0.25, -0.2) is 9.97 Å². The van der Waals surface area contributed by atoms with Crippen LogP contribution < -0.4 is 11.0 Å². The average Bonchev–Trinajstić information content (AvgIpc) is 3.06. The SMILES string of the molecule is Cc1cccn2c(=O)c(/C=N/NC(C)(C)C)c(Sc3nc4ccccc4s3)nc12. The van der Waals surface area contributed by atoms with Gasteiger partial charge in [0.25, 0.3) is 5.56 Å². The zero-order valence-corrected chi connectivity index (χ0v) is 18.3. The number of hydrazone groups is 1. The van der Waals surface area contributed by atoms with Crippen molar-refractivity contribution in [2.75, 3.05) is 0 Å². The third kappa shape index (κ3) is 4.18. The molecule has 4 aromatic rings. The minimum atomic E-state index is -0.201. The van der Waals surface area contributed by atoms with E-state index < -0.39 is 0 Å². The summed E-state index contributed by atoms with van der Waals surface area (Å²) in [5, 5.41) is 4.89. The van der Waals surface area contributed by atoms with E-state index in [2.05, 4.69) is 15.5 Å². The number of benzene rings is 1. The Labute approximate surface area is 176 Å². The van der Waals surface area contributed by atoms with Crippen molar-refractivity contribution in [3.05, 3.63) is 64.1 Å². The van der Waals surface area contributed by atoms with Gasteiger partial charge in [0.2, 0.25) is 0 Å². The topological polar surface area (TPSA) is 71.7 Å². The van der Waals surface area contributed by atoms with Crippen LogP contribution in [0.1, 0.15) is 31.9 Å². The molecule has 8 heteroatoms. The monoisotopic (exact) mass is 423 g/mol. The van der Waals surface area contributed by atoms with Crippen molar-refractivity contribution >= 4 is 45.2 Å². The fraction of sp³-hybridized carbons (Fsp3) is 0.238. The number of aromatic nitrogens is 3. The van der Waals surface area contributed by atoms with Crippen LogP contribution >= 0.6 is 23.1 Å². The summed E-state index contributed by atoms with van der Waals surface area (Å²) < 4.78 is 3.51. The summed E-state index contributed by atoms with van der Waals surface area (Å²) in [4.78, 5) is 22.7. The second kappa shape index (κ2) is 7.61. The summed E-state index contributed by atoms with van der Waals surface area (Å²) in [7, 11) is 0. The highest BCUT2D eigenvalue weighted by molar-refractivity contribution is 8.01. The molecule has 0 fully saturated rings. The number of thiazole rings is 1. The smallest absolute Gasteiger partial charge is 0.267 e. The number of nitrogens with zero attached hydrogens (tertiary/aromatic N) is 4. The van der Waals surface area contributed by atoms with Crippen molar-refractivity contribution in [3.63, 3.8) is 0 Å². The molecule has 3 heterocycles. The number of pyridine rings is 1. The van der Waals surface area contributed by atoms with Crippen LogP contribution in [0.5, 0.6) is 0 Å². The van der Waals surface area contributed by atoms with Gasteiger partial charge in [0.05, 0.1) is 22.0 Å². The number of aryl methyl sites for hydroxylation is 1. The Morgan fingerprint density at radius 3 is 2.72 bits per heavy atom. The molecule has 1 N–H and O–H groups in total. The number of fused-ring (bicyclic) bond motifs is 2. The van der Waals surface area contributed by atoms with Gasteiger partial charge in [-0.2, -0.15) is 5.10 Å². The Bertz CT molecular complexity index is 1250. The molecule has 1 aromatic carbocycles. The van der Waals surface area contributed by atoms with E-state index in [4.69, 9.17) is 4.98 Å². The van der Waals surface area contributed by atoms with Gasteiger partial charge in [0, 0.05) is 11.7 Å². The Kier molecular flexibility index (Phi) is 5.14. The highest BCUT2D eigenvalue weighted by atomic mass is 32.2. The van der Waals surface area contributed by atoms with E-state index in [1.54, 1.807) is 28.1 Å². The average molecular weight is 424 g/mol. The molecule has 3 aromatic heterocycles. The minimum Gasteiger partial charge on any atom is -0.305 e. The van der Waals surface area contributed by atoms with Crippen molar-refractivity contribution < 1.29 is 0 Å². The fourth-order valence-electron chi connectivity index (χ4n) is 2.75. The molecular weight excluding hydrogens is 402 g/mol. The fourth-order valence-corrected chi connectivity index (χ4v) is 4.81. The van der Waals surface area contributed by atoms with E-state index in [0.29, 0.717) is 16.2 Å². The molecule has 0 amide bonds. The molecule has 0 aliphatic rings. The lowest BCUT2D eigenvalue weighted by Gasteiger charge is -2.17. The summed E-state index contributed by atoms with van der Waals surface area (Å²) in [6.45, 7) is 7.98. The van der Waals surface area contributed by atoms with Gasteiger partial charge in [0.1, 0.15) is 10.7 Å². The van der Waals surface area contributed by atoms with Gasteiger partial charge in [0.15, 0.2) is 4.34 Å². The van der Waals surface area contributed by atoms with Gasteiger partial charge in [-0.15, -0.1) is 11.3 Å². The molecule has 0 aliphatic carbocycles. The number of rotatable bonds is 4. The summed E-state index contributed by atoms with van der Waals surface area (Å²) in [6, 6.07) is 11.8. The third-order valence-electron chi connectivity index (χ3n) is 4.10. The van der Waals surface area contributed by atoms with E-state index in [9.17, 15) is 4.79 Å². The van der Waals surface area contributed by atoms with E-state index in [0.717, 1.165) is 20.1 Å². The first-order valence-electron chi connectivity index (χ1n) is 9.17. The molecule has 148 valence electrons. The van der Waals surface area contributed by atoms with Crippen molar-refractivity contribution in [2.45, 2.75) is 42.6 Å². The molecule has 6 nitrogen and oxygen atoms in total. The third-order valence-corrected chi connectivity index (χ3v) is 6.20. The van der Waals surface area contributed by atoms with E-state index in [1.165, 1.54) is 11.8 Å². The molecule has 29 heavy (non-hydrogen) atoms. The normalized spacial score (nSPS) is 12.3. The van der Waals surface area contributed by atoms with Gasteiger partial charge in [-0.3, -0.25) is 9.20 Å². The highest BCUT2D eigenvalue weighted by Gasteiger charge is 2.16. The molecule has 0 radical (unpaired) electrons. The van der Waals surface area contributed by atoms with Crippen LogP contribution in [0.4, 0.5) is 0 Å². The first kappa shape index (κ1) is 19.6. The van der Waals surface area contributed by atoms with Gasteiger partial charge in [-0.1, -0.05) is 18.2 Å². The molecule has 0 saturated carbocycles. The van der Waals surface area contributed by atoms with Crippen molar-refractivity contribution in [1.29, 1.82) is 0 Å².